The second kappa shape index (κ2) is 7.86. The summed E-state index contributed by atoms with van der Waals surface area (Å²) in [6, 6.07) is 3.69. The van der Waals surface area contributed by atoms with Crippen LogP contribution in [0, 0.1) is 0 Å². The highest BCUT2D eigenvalue weighted by molar-refractivity contribution is 5.76. The number of methoxy groups -OCH3 is 1. The van der Waals surface area contributed by atoms with Crippen LogP contribution in [0.1, 0.15) is 12.2 Å². The highest BCUT2D eigenvalue weighted by Crippen LogP contribution is 2.05. The molecule has 0 atom stereocenters. The van der Waals surface area contributed by atoms with E-state index in [4.69, 9.17) is 14.9 Å². The summed E-state index contributed by atoms with van der Waals surface area (Å²) in [4.78, 5) is 13.6. The lowest BCUT2D eigenvalue weighted by molar-refractivity contribution is -0.131. The number of hydrogen-bond acceptors (Lipinski definition) is 4. The molecule has 1 aromatic heterocycles. The molecule has 0 bridgehead atoms. The number of nitrogens with two attached hydrogens (primary N) is 1. The van der Waals surface area contributed by atoms with Crippen molar-refractivity contribution in [2.45, 2.75) is 12.8 Å². The van der Waals surface area contributed by atoms with Crippen molar-refractivity contribution in [3.8, 4) is 0 Å². The molecular formula is C12H20N2O3. The maximum atomic E-state index is 11.9. The Morgan fingerprint density at radius 3 is 2.94 bits per heavy atom. The van der Waals surface area contributed by atoms with E-state index in [1.54, 1.807) is 18.3 Å². The molecule has 17 heavy (non-hydrogen) atoms. The first-order valence-electron chi connectivity index (χ1n) is 5.77. The molecule has 0 saturated carbocycles. The van der Waals surface area contributed by atoms with Gasteiger partial charge in [-0.2, -0.15) is 0 Å². The number of nitrogens with zero attached hydrogens (tertiary/aromatic N) is 1. The maximum absolute atomic E-state index is 11.9. The predicted octanol–water partition coefficient (Wildman–Crippen LogP) is 0.646. The fourth-order valence-electron chi connectivity index (χ4n) is 1.56. The number of hydrogen-bond donors (Lipinski definition) is 1. The van der Waals surface area contributed by atoms with Crippen molar-refractivity contribution in [2.75, 3.05) is 33.4 Å². The number of amides is 1. The first-order valence-corrected chi connectivity index (χ1v) is 5.77. The summed E-state index contributed by atoms with van der Waals surface area (Å²) in [5.74, 6) is 0.918. The summed E-state index contributed by atoms with van der Waals surface area (Å²) in [6.45, 7) is 2.16. The first kappa shape index (κ1) is 13.7. The molecule has 0 radical (unpaired) electrons. The second-order valence-electron chi connectivity index (χ2n) is 3.74. The number of aryl methyl sites for hydroxylation is 1. The van der Waals surface area contributed by atoms with Crippen molar-refractivity contribution in [1.82, 2.24) is 4.90 Å². The van der Waals surface area contributed by atoms with Gasteiger partial charge >= 0.3 is 0 Å². The van der Waals surface area contributed by atoms with Crippen LogP contribution in [0.4, 0.5) is 0 Å². The van der Waals surface area contributed by atoms with Gasteiger partial charge in [0.05, 0.1) is 12.9 Å². The van der Waals surface area contributed by atoms with Crippen molar-refractivity contribution in [2.24, 2.45) is 5.73 Å². The molecule has 0 aliphatic heterocycles. The van der Waals surface area contributed by atoms with Crippen LogP contribution >= 0.6 is 0 Å². The van der Waals surface area contributed by atoms with Gasteiger partial charge in [0.15, 0.2) is 0 Å². The molecule has 0 aliphatic rings. The van der Waals surface area contributed by atoms with E-state index in [1.807, 2.05) is 12.1 Å². The quantitative estimate of drug-likeness (QED) is 0.724. The number of carbonyl (C=O) groups is 1. The first-order chi connectivity index (χ1) is 8.27. The highest BCUT2D eigenvalue weighted by Gasteiger charge is 2.12. The van der Waals surface area contributed by atoms with Gasteiger partial charge in [-0.1, -0.05) is 0 Å². The van der Waals surface area contributed by atoms with E-state index in [0.717, 1.165) is 5.76 Å². The van der Waals surface area contributed by atoms with E-state index in [2.05, 4.69) is 0 Å². The van der Waals surface area contributed by atoms with Gasteiger partial charge in [-0.15, -0.1) is 0 Å². The smallest absolute Gasteiger partial charge is 0.223 e. The van der Waals surface area contributed by atoms with Crippen LogP contribution in [0.15, 0.2) is 22.8 Å². The second-order valence-corrected chi connectivity index (χ2v) is 3.74. The minimum atomic E-state index is 0.0869. The fourth-order valence-corrected chi connectivity index (χ4v) is 1.56. The van der Waals surface area contributed by atoms with Crippen molar-refractivity contribution in [3.63, 3.8) is 0 Å². The molecule has 1 aromatic rings. The topological polar surface area (TPSA) is 68.7 Å². The number of ether oxygens (including phenoxy) is 1. The van der Waals surface area contributed by atoms with E-state index in [-0.39, 0.29) is 5.91 Å². The zero-order valence-corrected chi connectivity index (χ0v) is 10.2. The van der Waals surface area contributed by atoms with Crippen LogP contribution in [0.5, 0.6) is 0 Å². The molecule has 5 heteroatoms. The Morgan fingerprint density at radius 2 is 2.35 bits per heavy atom. The molecule has 1 rings (SSSR count). The Labute approximate surface area is 102 Å². The Bertz CT molecular complexity index is 312. The molecule has 1 heterocycles. The van der Waals surface area contributed by atoms with Gasteiger partial charge in [-0.05, 0) is 12.1 Å². The van der Waals surface area contributed by atoms with Crippen molar-refractivity contribution < 1.29 is 13.9 Å². The summed E-state index contributed by atoms with van der Waals surface area (Å²) >= 11 is 0. The minimum Gasteiger partial charge on any atom is -0.469 e. The molecule has 0 saturated heterocycles. The van der Waals surface area contributed by atoms with Gasteiger partial charge in [0.1, 0.15) is 5.76 Å². The van der Waals surface area contributed by atoms with Gasteiger partial charge < -0.3 is 19.8 Å². The van der Waals surface area contributed by atoms with Gasteiger partial charge in [-0.25, -0.2) is 0 Å². The normalized spacial score (nSPS) is 10.5. The lowest BCUT2D eigenvalue weighted by Gasteiger charge is -2.21. The summed E-state index contributed by atoms with van der Waals surface area (Å²) in [5, 5.41) is 0. The standard InChI is InChI=1S/C12H20N2O3/c1-16-10-8-14(7-6-13)12(15)5-4-11-3-2-9-17-11/h2-3,9H,4-8,10,13H2,1H3. The van der Waals surface area contributed by atoms with Crippen LogP contribution < -0.4 is 5.73 Å². The Hall–Kier alpha value is -1.33. The molecule has 0 aliphatic carbocycles. The lowest BCUT2D eigenvalue weighted by atomic mass is 10.2. The van der Waals surface area contributed by atoms with Crippen molar-refractivity contribution >= 4 is 5.91 Å². The molecule has 0 spiro atoms. The van der Waals surface area contributed by atoms with Crippen molar-refractivity contribution in [1.29, 1.82) is 0 Å². The molecular weight excluding hydrogens is 220 g/mol. The SMILES string of the molecule is COCCN(CCN)C(=O)CCc1ccco1. The Balaban J connectivity index is 2.35. The summed E-state index contributed by atoms with van der Waals surface area (Å²) in [5.41, 5.74) is 5.48. The van der Waals surface area contributed by atoms with Crippen LogP contribution in [0.3, 0.4) is 0 Å². The largest absolute Gasteiger partial charge is 0.469 e. The zero-order valence-electron chi connectivity index (χ0n) is 10.2. The Kier molecular flexibility index (Phi) is 6.35. The predicted molar refractivity (Wildman–Crippen MR) is 64.5 cm³/mol. The van der Waals surface area contributed by atoms with E-state index in [0.29, 0.717) is 39.1 Å². The highest BCUT2D eigenvalue weighted by atomic mass is 16.5. The molecule has 0 fully saturated rings. The number of carbonyl (C=O) groups excluding carboxylic acids is 1. The van der Waals surface area contributed by atoms with E-state index >= 15 is 0 Å². The van der Waals surface area contributed by atoms with Gasteiger partial charge in [0, 0.05) is 39.6 Å². The minimum absolute atomic E-state index is 0.0869. The molecule has 96 valence electrons. The molecule has 0 unspecified atom stereocenters. The van der Waals surface area contributed by atoms with Gasteiger partial charge in [0.2, 0.25) is 5.91 Å². The third kappa shape index (κ3) is 5.01. The van der Waals surface area contributed by atoms with E-state index in [1.165, 1.54) is 0 Å². The Morgan fingerprint density at radius 1 is 1.53 bits per heavy atom. The molecule has 5 nitrogen and oxygen atoms in total. The van der Waals surface area contributed by atoms with Crippen LogP contribution in [-0.4, -0.2) is 44.2 Å². The average Bonchev–Trinajstić information content (AvgIpc) is 2.84. The number of rotatable bonds is 8. The van der Waals surface area contributed by atoms with E-state index in [9.17, 15) is 4.79 Å². The number of furan rings is 1. The monoisotopic (exact) mass is 240 g/mol. The van der Waals surface area contributed by atoms with E-state index < -0.39 is 0 Å². The summed E-state index contributed by atoms with van der Waals surface area (Å²) in [6.07, 6.45) is 2.68. The average molecular weight is 240 g/mol. The third-order valence-corrected chi connectivity index (χ3v) is 2.48. The van der Waals surface area contributed by atoms with Crippen LogP contribution in [0.2, 0.25) is 0 Å². The molecule has 0 aromatic carbocycles. The summed E-state index contributed by atoms with van der Waals surface area (Å²) < 4.78 is 10.2. The molecule has 2 N–H and O–H groups in total. The van der Waals surface area contributed by atoms with Crippen LogP contribution in [-0.2, 0) is 16.0 Å². The lowest BCUT2D eigenvalue weighted by Crippen LogP contribution is -2.37. The van der Waals surface area contributed by atoms with Gasteiger partial charge in [-0.3, -0.25) is 4.79 Å². The third-order valence-electron chi connectivity index (χ3n) is 2.48. The van der Waals surface area contributed by atoms with Gasteiger partial charge in [0.25, 0.3) is 0 Å². The fraction of sp³-hybridized carbons (Fsp3) is 0.583. The molecule has 1 amide bonds. The van der Waals surface area contributed by atoms with Crippen molar-refractivity contribution in [3.05, 3.63) is 24.2 Å². The zero-order chi connectivity index (χ0) is 12.5. The maximum Gasteiger partial charge on any atom is 0.223 e. The van der Waals surface area contributed by atoms with Crippen LogP contribution in [0.25, 0.3) is 0 Å². The summed E-state index contributed by atoms with van der Waals surface area (Å²) in [7, 11) is 1.62.